The van der Waals surface area contributed by atoms with E-state index in [1.807, 2.05) is 6.07 Å². The maximum Gasteiger partial charge on any atom is 0.293 e. The second kappa shape index (κ2) is 13.2. The predicted octanol–water partition coefficient (Wildman–Crippen LogP) is 4.48. The number of nitrogens with one attached hydrogen (secondary N) is 2. The van der Waals surface area contributed by atoms with E-state index in [-0.39, 0.29) is 5.56 Å². The van der Waals surface area contributed by atoms with Crippen LogP contribution in [0.1, 0.15) is 44.6 Å². The molecule has 0 amide bonds. The summed E-state index contributed by atoms with van der Waals surface area (Å²) in [6.07, 6.45) is 17.6. The molecule has 0 bridgehead atoms. The number of benzene rings is 1. The average molecular weight is 474 g/mol. The molecule has 35 heavy (non-hydrogen) atoms. The Morgan fingerprint density at radius 1 is 1.20 bits per heavy atom. The van der Waals surface area contributed by atoms with Crippen LogP contribution in [-0.4, -0.2) is 53.2 Å². The minimum Gasteiger partial charge on any atom is -0.363 e. The van der Waals surface area contributed by atoms with Crippen LogP contribution in [0.3, 0.4) is 0 Å². The molecule has 6 nitrogen and oxygen atoms in total. The van der Waals surface area contributed by atoms with Crippen molar-refractivity contribution in [1.29, 1.82) is 0 Å². The number of aromatic nitrogens is 2. The zero-order valence-corrected chi connectivity index (χ0v) is 21.0. The summed E-state index contributed by atoms with van der Waals surface area (Å²) < 4.78 is 1.78. The molecule has 2 N–H and O–H groups in total. The van der Waals surface area contributed by atoms with Gasteiger partial charge in [-0.15, -0.1) is 0 Å². The second-order valence-corrected chi connectivity index (χ2v) is 9.69. The van der Waals surface area contributed by atoms with E-state index in [0.717, 1.165) is 64.8 Å². The fraction of sp³-hybridized carbons (Fsp3) is 0.448. The molecule has 1 aromatic heterocycles. The van der Waals surface area contributed by atoms with Crippen molar-refractivity contribution < 1.29 is 0 Å². The Morgan fingerprint density at radius 2 is 2.03 bits per heavy atom. The van der Waals surface area contributed by atoms with Gasteiger partial charge in [0.2, 0.25) is 0 Å². The molecule has 4 rings (SSSR count). The number of likely N-dealkylation sites (tertiary alicyclic amines) is 1. The van der Waals surface area contributed by atoms with E-state index in [9.17, 15) is 4.79 Å². The van der Waals surface area contributed by atoms with Crippen LogP contribution in [0.4, 0.5) is 5.82 Å². The summed E-state index contributed by atoms with van der Waals surface area (Å²) in [5.74, 6) is 0.484. The van der Waals surface area contributed by atoms with Crippen LogP contribution in [0.5, 0.6) is 0 Å². The number of hydrogen-bond acceptors (Lipinski definition) is 5. The van der Waals surface area contributed by atoms with Gasteiger partial charge in [-0.25, -0.2) is 4.98 Å². The molecule has 0 saturated carbocycles. The van der Waals surface area contributed by atoms with Gasteiger partial charge in [0.15, 0.2) is 5.82 Å². The Balaban J connectivity index is 1.19. The number of aryl methyl sites for hydroxylation is 1. The number of rotatable bonds is 11. The summed E-state index contributed by atoms with van der Waals surface area (Å²) in [6, 6.07) is 10.8. The smallest absolute Gasteiger partial charge is 0.293 e. The van der Waals surface area contributed by atoms with E-state index in [4.69, 9.17) is 0 Å². The lowest BCUT2D eigenvalue weighted by Crippen LogP contribution is -2.41. The van der Waals surface area contributed by atoms with Crippen molar-refractivity contribution in [3.8, 4) is 0 Å². The summed E-state index contributed by atoms with van der Waals surface area (Å²) in [5, 5.41) is 6.93. The molecule has 0 radical (unpaired) electrons. The van der Waals surface area contributed by atoms with Gasteiger partial charge >= 0.3 is 0 Å². The first kappa shape index (κ1) is 25.1. The summed E-state index contributed by atoms with van der Waals surface area (Å²) >= 11 is 0. The van der Waals surface area contributed by atoms with Crippen molar-refractivity contribution in [1.82, 2.24) is 19.8 Å². The molecule has 1 fully saturated rings. The van der Waals surface area contributed by atoms with Gasteiger partial charge in [0.1, 0.15) is 0 Å². The Labute approximate surface area is 209 Å². The molecule has 0 spiro atoms. The zero-order chi connectivity index (χ0) is 24.3. The minimum atomic E-state index is -0.0169. The number of hydrogen-bond donors (Lipinski definition) is 2. The first-order chi connectivity index (χ1) is 17.2. The molecule has 2 aliphatic rings. The Bertz CT molecular complexity index is 1080. The topological polar surface area (TPSA) is 62.2 Å². The van der Waals surface area contributed by atoms with Crippen LogP contribution in [0.2, 0.25) is 0 Å². The van der Waals surface area contributed by atoms with Crippen molar-refractivity contribution in [2.24, 2.45) is 0 Å². The van der Waals surface area contributed by atoms with Crippen LogP contribution in [-0.2, 0) is 6.54 Å². The van der Waals surface area contributed by atoms with Gasteiger partial charge in [-0.2, -0.15) is 0 Å². The van der Waals surface area contributed by atoms with Crippen molar-refractivity contribution in [2.75, 3.05) is 38.0 Å². The van der Waals surface area contributed by atoms with Gasteiger partial charge in [0, 0.05) is 51.2 Å². The molecular weight excluding hydrogens is 434 g/mol. The SMILES string of the molecule is C/C(=C\c1ccccc1)CN1CCC(Nc2nccn(CCCNCC3=CC=CCC3)c2=O)CC1. The van der Waals surface area contributed by atoms with E-state index in [1.54, 1.807) is 17.0 Å². The largest absolute Gasteiger partial charge is 0.363 e. The molecule has 2 aromatic rings. The van der Waals surface area contributed by atoms with E-state index < -0.39 is 0 Å². The van der Waals surface area contributed by atoms with Crippen LogP contribution in [0.15, 0.2) is 76.9 Å². The van der Waals surface area contributed by atoms with Gasteiger partial charge in [0.05, 0.1) is 0 Å². The monoisotopic (exact) mass is 473 g/mol. The number of anilines is 1. The highest BCUT2D eigenvalue weighted by molar-refractivity contribution is 5.52. The lowest BCUT2D eigenvalue weighted by molar-refractivity contribution is 0.236. The molecule has 1 aromatic carbocycles. The lowest BCUT2D eigenvalue weighted by Gasteiger charge is -2.32. The molecule has 0 unspecified atom stereocenters. The molecule has 2 heterocycles. The van der Waals surface area contributed by atoms with E-state index in [2.05, 4.69) is 76.0 Å². The van der Waals surface area contributed by atoms with Gasteiger partial charge in [-0.3, -0.25) is 9.69 Å². The average Bonchev–Trinajstić information content (AvgIpc) is 2.88. The fourth-order valence-corrected chi connectivity index (χ4v) is 4.81. The highest BCUT2D eigenvalue weighted by Gasteiger charge is 2.20. The third kappa shape index (κ3) is 8.05. The fourth-order valence-electron chi connectivity index (χ4n) is 4.81. The summed E-state index contributed by atoms with van der Waals surface area (Å²) in [6.45, 7) is 7.77. The predicted molar refractivity (Wildman–Crippen MR) is 146 cm³/mol. The van der Waals surface area contributed by atoms with Gasteiger partial charge < -0.3 is 15.2 Å². The normalized spacial score (nSPS) is 17.4. The van der Waals surface area contributed by atoms with E-state index >= 15 is 0 Å². The van der Waals surface area contributed by atoms with Crippen molar-refractivity contribution >= 4 is 11.9 Å². The highest BCUT2D eigenvalue weighted by Crippen LogP contribution is 2.16. The third-order valence-corrected chi connectivity index (χ3v) is 6.73. The molecular formula is C29H39N5O. The molecule has 186 valence electrons. The quantitative estimate of drug-likeness (QED) is 0.471. The lowest BCUT2D eigenvalue weighted by atomic mass is 10.0. The number of allylic oxidation sites excluding steroid dienone is 3. The highest BCUT2D eigenvalue weighted by atomic mass is 16.1. The van der Waals surface area contributed by atoms with E-state index in [1.165, 1.54) is 16.7 Å². The van der Waals surface area contributed by atoms with Crippen LogP contribution >= 0.6 is 0 Å². The maximum atomic E-state index is 12.9. The second-order valence-electron chi connectivity index (χ2n) is 9.69. The number of piperidine rings is 1. The molecule has 1 saturated heterocycles. The molecule has 6 heteroatoms. The summed E-state index contributed by atoms with van der Waals surface area (Å²) in [4.78, 5) is 19.8. The van der Waals surface area contributed by atoms with Crippen LogP contribution in [0.25, 0.3) is 6.08 Å². The Morgan fingerprint density at radius 3 is 2.80 bits per heavy atom. The number of nitrogens with zero attached hydrogens (tertiary/aromatic N) is 3. The van der Waals surface area contributed by atoms with Gasteiger partial charge in [0.25, 0.3) is 5.56 Å². The summed E-state index contributed by atoms with van der Waals surface area (Å²) in [7, 11) is 0. The summed E-state index contributed by atoms with van der Waals surface area (Å²) in [5.41, 5.74) is 4.06. The van der Waals surface area contributed by atoms with Crippen molar-refractivity contribution in [3.05, 3.63) is 88.0 Å². The zero-order valence-electron chi connectivity index (χ0n) is 21.0. The minimum absolute atomic E-state index is 0.0169. The Kier molecular flexibility index (Phi) is 9.49. The molecule has 1 aliphatic heterocycles. The Hall–Kier alpha value is -2.96. The van der Waals surface area contributed by atoms with Gasteiger partial charge in [-0.05, 0) is 51.1 Å². The van der Waals surface area contributed by atoms with E-state index in [0.29, 0.717) is 18.4 Å². The van der Waals surface area contributed by atoms with Gasteiger partial charge in [-0.1, -0.05) is 65.8 Å². The standard InChI is InChI=1S/C29H39N5O/c1-24(21-25-9-4-2-5-10-25)23-33-18-13-27(14-19-33)32-28-29(35)34(20-16-31-28)17-8-15-30-22-26-11-6-3-7-12-26/h2-6,9-11,16,20-21,27,30H,7-8,12-15,17-19,22-23H2,1H3,(H,31,32)/b24-21+. The first-order valence-electron chi connectivity index (χ1n) is 13.0. The third-order valence-electron chi connectivity index (χ3n) is 6.73. The van der Waals surface area contributed by atoms with Crippen LogP contribution in [0, 0.1) is 0 Å². The maximum absolute atomic E-state index is 12.9. The van der Waals surface area contributed by atoms with Crippen molar-refractivity contribution in [3.63, 3.8) is 0 Å². The van der Waals surface area contributed by atoms with Crippen LogP contribution < -0.4 is 16.2 Å². The molecule has 0 atom stereocenters. The van der Waals surface area contributed by atoms with Crippen molar-refractivity contribution in [2.45, 2.75) is 51.6 Å². The molecule has 1 aliphatic carbocycles. The first-order valence-corrected chi connectivity index (χ1v) is 13.0.